The molecular weight excluding hydrogens is 320 g/mol. The highest BCUT2D eigenvalue weighted by Crippen LogP contribution is 2.16. The number of nitrogens with one attached hydrogen (secondary N) is 1. The van der Waals surface area contributed by atoms with Crippen LogP contribution in [0.1, 0.15) is 31.2 Å². The van der Waals surface area contributed by atoms with Crippen molar-refractivity contribution in [2.45, 2.75) is 45.5 Å². The summed E-state index contributed by atoms with van der Waals surface area (Å²) >= 11 is 0. The van der Waals surface area contributed by atoms with Crippen molar-refractivity contribution in [3.05, 3.63) is 17.5 Å². The molecule has 2 heterocycles. The minimum Gasteiger partial charge on any atom is -0.372 e. The van der Waals surface area contributed by atoms with E-state index >= 15 is 0 Å². The number of methoxy groups -OCH3 is 1. The Morgan fingerprint density at radius 3 is 2.83 bits per heavy atom. The largest absolute Gasteiger partial charge is 0.372 e. The van der Waals surface area contributed by atoms with Crippen molar-refractivity contribution in [1.29, 1.82) is 0 Å². The summed E-state index contributed by atoms with van der Waals surface area (Å²) in [6.07, 6.45) is 2.08. The Morgan fingerprint density at radius 2 is 2.22 bits per heavy atom. The van der Waals surface area contributed by atoms with Gasteiger partial charge in [-0.15, -0.1) is 0 Å². The topological polar surface area (TPSA) is 93.5 Å². The van der Waals surface area contributed by atoms with Gasteiger partial charge in [0, 0.05) is 20.2 Å². The molecule has 1 N–H and O–H groups in total. The van der Waals surface area contributed by atoms with E-state index in [-0.39, 0.29) is 5.91 Å². The predicted octanol–water partition coefficient (Wildman–Crippen LogP) is 0.0896. The first-order valence-corrected chi connectivity index (χ1v) is 9.51. The lowest BCUT2D eigenvalue weighted by atomic mass is 10.2. The number of sulfonamides is 1. The maximum Gasteiger partial charge on any atom is 0.249 e. The van der Waals surface area contributed by atoms with Gasteiger partial charge in [-0.05, 0) is 18.9 Å². The second-order valence-electron chi connectivity index (χ2n) is 5.65. The fourth-order valence-electron chi connectivity index (χ4n) is 2.61. The van der Waals surface area contributed by atoms with Crippen molar-refractivity contribution in [3.63, 3.8) is 0 Å². The molecule has 1 aliphatic heterocycles. The van der Waals surface area contributed by atoms with Gasteiger partial charge in [0.15, 0.2) is 0 Å². The molecule has 0 unspecified atom stereocenters. The van der Waals surface area contributed by atoms with Crippen molar-refractivity contribution in [2.24, 2.45) is 0 Å². The molecule has 9 heteroatoms. The lowest BCUT2D eigenvalue weighted by Gasteiger charge is -2.16. The molecule has 0 bridgehead atoms. The molecule has 2 rings (SSSR count). The summed E-state index contributed by atoms with van der Waals surface area (Å²) in [5.41, 5.74) is 1.56. The molecule has 0 saturated heterocycles. The number of hydrogen-bond donors (Lipinski definition) is 1. The molecular formula is C14H24N4O4S. The van der Waals surface area contributed by atoms with Crippen molar-refractivity contribution in [2.75, 3.05) is 19.9 Å². The molecule has 130 valence electrons. The molecule has 8 nitrogen and oxygen atoms in total. The lowest BCUT2D eigenvalue weighted by molar-refractivity contribution is -0.131. The van der Waals surface area contributed by atoms with Gasteiger partial charge in [-0.2, -0.15) is 9.40 Å². The van der Waals surface area contributed by atoms with Gasteiger partial charge in [0.25, 0.3) is 0 Å². The van der Waals surface area contributed by atoms with E-state index in [0.717, 1.165) is 17.8 Å². The van der Waals surface area contributed by atoms with Crippen LogP contribution in [0, 0.1) is 0 Å². The Bertz CT molecular complexity index is 652. The molecule has 0 fully saturated rings. The zero-order valence-corrected chi connectivity index (χ0v) is 14.6. The molecule has 0 radical (unpaired) electrons. The Labute approximate surface area is 136 Å². The number of rotatable bonds is 6. The number of hydrogen-bond acceptors (Lipinski definition) is 5. The van der Waals surface area contributed by atoms with Crippen LogP contribution in [0.3, 0.4) is 0 Å². The molecule has 1 aliphatic rings. The van der Waals surface area contributed by atoms with Crippen LogP contribution in [0.25, 0.3) is 0 Å². The normalized spacial score (nSPS) is 17.3. The first-order chi connectivity index (χ1) is 10.8. The van der Waals surface area contributed by atoms with Crippen molar-refractivity contribution >= 4 is 15.9 Å². The van der Waals surface area contributed by atoms with Crippen LogP contribution in [-0.4, -0.2) is 54.4 Å². The predicted molar refractivity (Wildman–Crippen MR) is 85.0 cm³/mol. The van der Waals surface area contributed by atoms with E-state index < -0.39 is 16.1 Å². The molecule has 1 aromatic heterocycles. The molecule has 1 aromatic rings. The van der Waals surface area contributed by atoms with Gasteiger partial charge in [0.05, 0.1) is 30.7 Å². The van der Waals surface area contributed by atoms with E-state index in [1.54, 1.807) is 0 Å². The summed E-state index contributed by atoms with van der Waals surface area (Å²) in [5, 5.41) is 7.25. The third-order valence-corrected chi connectivity index (χ3v) is 5.14. The Morgan fingerprint density at radius 1 is 1.48 bits per heavy atom. The van der Waals surface area contributed by atoms with Crippen LogP contribution in [0.15, 0.2) is 6.07 Å². The average molecular weight is 344 g/mol. The monoisotopic (exact) mass is 344 g/mol. The van der Waals surface area contributed by atoms with Crippen LogP contribution in [-0.2, 0) is 39.2 Å². The molecule has 0 aromatic carbocycles. The van der Waals surface area contributed by atoms with Gasteiger partial charge in [0.2, 0.25) is 15.9 Å². The quantitative estimate of drug-likeness (QED) is 0.789. The van der Waals surface area contributed by atoms with Crippen molar-refractivity contribution < 1.29 is 17.9 Å². The fourth-order valence-corrected chi connectivity index (χ4v) is 3.44. The summed E-state index contributed by atoms with van der Waals surface area (Å²) in [6.45, 7) is 3.67. The van der Waals surface area contributed by atoms with E-state index in [2.05, 4.69) is 10.4 Å². The summed E-state index contributed by atoms with van der Waals surface area (Å²) in [6, 6.07) is 1.84. The van der Waals surface area contributed by atoms with Gasteiger partial charge in [0.1, 0.15) is 6.10 Å². The minimum absolute atomic E-state index is 0.170. The smallest absolute Gasteiger partial charge is 0.249 e. The van der Waals surface area contributed by atoms with Crippen LogP contribution in [0.2, 0.25) is 0 Å². The second kappa shape index (κ2) is 7.41. The van der Waals surface area contributed by atoms with Crippen LogP contribution in [0.5, 0.6) is 0 Å². The molecule has 0 aliphatic carbocycles. The summed E-state index contributed by atoms with van der Waals surface area (Å²) < 4.78 is 31.8. The van der Waals surface area contributed by atoms with Gasteiger partial charge in [-0.3, -0.25) is 9.48 Å². The zero-order valence-electron chi connectivity index (χ0n) is 13.8. The highest BCUT2D eigenvalue weighted by atomic mass is 32.2. The molecule has 23 heavy (non-hydrogen) atoms. The second-order valence-corrected chi connectivity index (χ2v) is 7.63. The van der Waals surface area contributed by atoms with Gasteiger partial charge >= 0.3 is 0 Å². The van der Waals surface area contributed by atoms with Crippen LogP contribution >= 0.6 is 0 Å². The fraction of sp³-hybridized carbons (Fsp3) is 0.714. The Balaban J connectivity index is 2.04. The van der Waals surface area contributed by atoms with Crippen molar-refractivity contribution in [1.82, 2.24) is 19.4 Å². The highest BCUT2D eigenvalue weighted by Gasteiger charge is 2.23. The van der Waals surface area contributed by atoms with E-state index in [0.29, 0.717) is 32.6 Å². The molecule has 1 amide bonds. The number of aryl methyl sites for hydroxylation is 1. The van der Waals surface area contributed by atoms with E-state index in [1.807, 2.05) is 17.7 Å². The average Bonchev–Trinajstić information content (AvgIpc) is 2.75. The van der Waals surface area contributed by atoms with E-state index in [9.17, 15) is 13.2 Å². The Hall–Kier alpha value is -1.45. The molecule has 0 spiro atoms. The minimum atomic E-state index is -3.22. The summed E-state index contributed by atoms with van der Waals surface area (Å²) in [5.74, 6) is -0.170. The number of carbonyl (C=O) groups is 1. The van der Waals surface area contributed by atoms with E-state index in [4.69, 9.17) is 4.74 Å². The maximum atomic E-state index is 11.9. The number of aromatic nitrogens is 2. The summed E-state index contributed by atoms with van der Waals surface area (Å²) in [7, 11) is -1.71. The number of amides is 1. The highest BCUT2D eigenvalue weighted by molar-refractivity contribution is 7.88. The van der Waals surface area contributed by atoms with Gasteiger partial charge in [-0.1, -0.05) is 6.92 Å². The SMILES string of the molecule is CC[C@@H](OC)C(=O)NCc1cc2n(n1)CCCN(S(C)(=O)=O)C2. The van der Waals surface area contributed by atoms with E-state index in [1.165, 1.54) is 17.7 Å². The van der Waals surface area contributed by atoms with Gasteiger partial charge in [-0.25, -0.2) is 8.42 Å². The van der Waals surface area contributed by atoms with Crippen LogP contribution in [0.4, 0.5) is 0 Å². The summed E-state index contributed by atoms with van der Waals surface area (Å²) in [4.78, 5) is 11.9. The standard InChI is InChI=1S/C14H24N4O4S/c1-4-13(22-2)14(19)15-9-11-8-12-10-17(23(3,20)21)6-5-7-18(12)16-11/h8,13H,4-7,9-10H2,1-3H3,(H,15,19)/t13-/m1/s1. The Kier molecular flexibility index (Phi) is 5.77. The van der Waals surface area contributed by atoms with Gasteiger partial charge < -0.3 is 10.1 Å². The molecule has 0 saturated carbocycles. The number of carbonyl (C=O) groups excluding carboxylic acids is 1. The first-order valence-electron chi connectivity index (χ1n) is 7.66. The third kappa shape index (κ3) is 4.52. The lowest BCUT2D eigenvalue weighted by Crippen LogP contribution is -2.35. The maximum absolute atomic E-state index is 11.9. The third-order valence-electron chi connectivity index (χ3n) is 3.89. The number of fused-ring (bicyclic) bond motifs is 1. The number of ether oxygens (including phenoxy) is 1. The molecule has 1 atom stereocenters. The first kappa shape index (κ1) is 17.9. The number of nitrogens with zero attached hydrogens (tertiary/aromatic N) is 3. The van der Waals surface area contributed by atoms with Crippen LogP contribution < -0.4 is 5.32 Å². The zero-order chi connectivity index (χ0) is 17.0. The van der Waals surface area contributed by atoms with Crippen molar-refractivity contribution in [3.8, 4) is 0 Å².